The Labute approximate surface area is 142 Å². The summed E-state index contributed by atoms with van der Waals surface area (Å²) in [5, 5.41) is 2.70. The number of hydrogen-bond acceptors (Lipinski definition) is 4. The number of rotatable bonds is 2. The fourth-order valence-corrected chi connectivity index (χ4v) is 2.22. The molecule has 0 unspecified atom stereocenters. The molecule has 6 heteroatoms. The predicted molar refractivity (Wildman–Crippen MR) is 90.8 cm³/mol. The van der Waals surface area contributed by atoms with Crippen LogP contribution in [0.2, 0.25) is 0 Å². The predicted octanol–water partition coefficient (Wildman–Crippen LogP) is 2.46. The topological polar surface area (TPSA) is 67.9 Å². The van der Waals surface area contributed by atoms with E-state index in [4.69, 9.17) is 9.47 Å². The third kappa shape index (κ3) is 4.66. The molecule has 0 atom stereocenters. The van der Waals surface area contributed by atoms with Gasteiger partial charge in [0.25, 0.3) is 5.91 Å². The average Bonchev–Trinajstić information content (AvgIpc) is 2.50. The maximum atomic E-state index is 12.3. The lowest BCUT2D eigenvalue weighted by Crippen LogP contribution is -2.41. The van der Waals surface area contributed by atoms with Crippen molar-refractivity contribution in [2.45, 2.75) is 39.8 Å². The van der Waals surface area contributed by atoms with E-state index in [9.17, 15) is 9.59 Å². The number of benzene rings is 1. The number of carbonyl (C=O) groups excluding carboxylic acids is 2. The molecule has 1 aliphatic rings. The molecule has 1 N–H and O–H groups in total. The van der Waals surface area contributed by atoms with Crippen molar-refractivity contribution < 1.29 is 19.1 Å². The second-order valence-electron chi connectivity index (χ2n) is 6.34. The number of carbonyl (C=O) groups is 2. The zero-order valence-corrected chi connectivity index (χ0v) is 14.4. The molecule has 0 saturated heterocycles. The van der Waals surface area contributed by atoms with E-state index in [0.29, 0.717) is 31.1 Å². The average molecular weight is 330 g/mol. The summed E-state index contributed by atoms with van der Waals surface area (Å²) in [6, 6.07) is 5.45. The van der Waals surface area contributed by atoms with Gasteiger partial charge in [-0.1, -0.05) is 12.0 Å². The highest BCUT2D eigenvalue weighted by Gasteiger charge is 2.28. The van der Waals surface area contributed by atoms with Crippen LogP contribution in [0.25, 0.3) is 0 Å². The van der Waals surface area contributed by atoms with Crippen LogP contribution in [0.1, 0.15) is 33.3 Å². The van der Waals surface area contributed by atoms with Crippen molar-refractivity contribution >= 4 is 17.7 Å². The molecule has 0 spiro atoms. The summed E-state index contributed by atoms with van der Waals surface area (Å²) in [6.45, 7) is 8.27. The zero-order chi connectivity index (χ0) is 17.7. The highest BCUT2D eigenvalue weighted by molar-refractivity contribution is 5.93. The fourth-order valence-electron chi connectivity index (χ4n) is 2.22. The molecule has 2 amide bonds. The van der Waals surface area contributed by atoms with Crippen LogP contribution in [-0.4, -0.2) is 30.8 Å². The van der Waals surface area contributed by atoms with Gasteiger partial charge in [0.15, 0.2) is 0 Å². The van der Waals surface area contributed by atoms with Gasteiger partial charge in [-0.15, -0.1) is 0 Å². The first-order chi connectivity index (χ1) is 11.3. The Morgan fingerprint density at radius 3 is 2.79 bits per heavy atom. The first kappa shape index (κ1) is 17.7. The minimum absolute atomic E-state index is 0.327. The number of ether oxygens (including phenoxy) is 2. The van der Waals surface area contributed by atoms with E-state index in [1.807, 2.05) is 32.9 Å². The van der Waals surface area contributed by atoms with Gasteiger partial charge in [-0.3, -0.25) is 9.69 Å². The molecular formula is C18H22N2O4. The summed E-state index contributed by atoms with van der Waals surface area (Å²) in [6.07, 6.45) is -0.397. The SMILES string of the molecule is CC#CC(=O)NCc1ccc2c(c1)OCCN2C(=O)OC(C)(C)C. The van der Waals surface area contributed by atoms with Crippen LogP contribution in [0.15, 0.2) is 18.2 Å². The minimum Gasteiger partial charge on any atom is -0.490 e. The molecule has 1 aromatic rings. The zero-order valence-electron chi connectivity index (χ0n) is 14.4. The van der Waals surface area contributed by atoms with Gasteiger partial charge in [0, 0.05) is 6.54 Å². The lowest BCUT2D eigenvalue weighted by atomic mass is 10.1. The number of nitrogens with one attached hydrogen (secondary N) is 1. The van der Waals surface area contributed by atoms with Crippen molar-refractivity contribution in [1.29, 1.82) is 0 Å². The van der Waals surface area contributed by atoms with Crippen LogP contribution in [-0.2, 0) is 16.1 Å². The Hall–Kier alpha value is -2.68. The maximum Gasteiger partial charge on any atom is 0.415 e. The lowest BCUT2D eigenvalue weighted by molar-refractivity contribution is -0.115. The molecule has 0 aromatic heterocycles. The van der Waals surface area contributed by atoms with Crippen molar-refractivity contribution in [1.82, 2.24) is 5.32 Å². The van der Waals surface area contributed by atoms with E-state index in [-0.39, 0.29) is 5.91 Å². The van der Waals surface area contributed by atoms with Gasteiger partial charge in [-0.2, -0.15) is 0 Å². The summed E-state index contributed by atoms with van der Waals surface area (Å²) >= 11 is 0. The first-order valence-electron chi connectivity index (χ1n) is 7.77. The molecular weight excluding hydrogens is 308 g/mol. The molecule has 1 aliphatic heterocycles. The Kier molecular flexibility index (Phi) is 5.35. The van der Waals surface area contributed by atoms with Gasteiger partial charge < -0.3 is 14.8 Å². The lowest BCUT2D eigenvalue weighted by Gasteiger charge is -2.31. The van der Waals surface area contributed by atoms with Crippen molar-refractivity contribution in [2.75, 3.05) is 18.1 Å². The van der Waals surface area contributed by atoms with E-state index in [1.54, 1.807) is 17.9 Å². The Balaban J connectivity index is 2.12. The summed E-state index contributed by atoms with van der Waals surface area (Å²) < 4.78 is 11.1. The maximum absolute atomic E-state index is 12.3. The highest BCUT2D eigenvalue weighted by Crippen LogP contribution is 2.33. The molecule has 0 bridgehead atoms. The van der Waals surface area contributed by atoms with Gasteiger partial charge >= 0.3 is 6.09 Å². The molecule has 2 rings (SSSR count). The molecule has 0 aliphatic carbocycles. The third-order valence-corrected chi connectivity index (χ3v) is 3.19. The van der Waals surface area contributed by atoms with E-state index in [1.165, 1.54) is 0 Å². The van der Waals surface area contributed by atoms with E-state index in [0.717, 1.165) is 5.56 Å². The molecule has 128 valence electrons. The molecule has 1 heterocycles. The number of nitrogens with zero attached hydrogens (tertiary/aromatic N) is 1. The smallest absolute Gasteiger partial charge is 0.415 e. The molecule has 0 fully saturated rings. The Bertz CT molecular complexity index is 695. The van der Waals surface area contributed by atoms with E-state index >= 15 is 0 Å². The largest absolute Gasteiger partial charge is 0.490 e. The second kappa shape index (κ2) is 7.26. The number of anilines is 1. The van der Waals surface area contributed by atoms with Crippen LogP contribution < -0.4 is 15.0 Å². The number of hydrogen-bond donors (Lipinski definition) is 1. The van der Waals surface area contributed by atoms with Crippen LogP contribution in [0.4, 0.5) is 10.5 Å². The van der Waals surface area contributed by atoms with Gasteiger partial charge in [0.05, 0.1) is 12.2 Å². The third-order valence-electron chi connectivity index (χ3n) is 3.19. The molecule has 0 radical (unpaired) electrons. The van der Waals surface area contributed by atoms with Crippen molar-refractivity contribution in [3.05, 3.63) is 23.8 Å². The van der Waals surface area contributed by atoms with Gasteiger partial charge in [-0.25, -0.2) is 4.79 Å². The summed E-state index contributed by atoms with van der Waals surface area (Å²) in [5.41, 5.74) is 0.977. The number of fused-ring (bicyclic) bond motifs is 1. The van der Waals surface area contributed by atoms with E-state index in [2.05, 4.69) is 17.2 Å². The molecule has 1 aromatic carbocycles. The van der Waals surface area contributed by atoms with Crippen LogP contribution in [0.3, 0.4) is 0 Å². The molecule has 24 heavy (non-hydrogen) atoms. The summed E-state index contributed by atoms with van der Waals surface area (Å²) in [4.78, 5) is 25.3. The van der Waals surface area contributed by atoms with Crippen LogP contribution in [0.5, 0.6) is 5.75 Å². The van der Waals surface area contributed by atoms with Gasteiger partial charge in [0.1, 0.15) is 18.0 Å². The van der Waals surface area contributed by atoms with Crippen molar-refractivity contribution in [3.63, 3.8) is 0 Å². The van der Waals surface area contributed by atoms with Gasteiger partial charge in [0.2, 0.25) is 0 Å². The monoisotopic (exact) mass is 330 g/mol. The first-order valence-corrected chi connectivity index (χ1v) is 7.77. The highest BCUT2D eigenvalue weighted by atomic mass is 16.6. The quantitative estimate of drug-likeness (QED) is 0.846. The van der Waals surface area contributed by atoms with Crippen LogP contribution in [0, 0.1) is 11.8 Å². The van der Waals surface area contributed by atoms with Gasteiger partial charge in [-0.05, 0) is 51.3 Å². The Morgan fingerprint density at radius 1 is 1.38 bits per heavy atom. The normalized spacial score (nSPS) is 13.1. The van der Waals surface area contributed by atoms with Crippen molar-refractivity contribution in [2.24, 2.45) is 0 Å². The summed E-state index contributed by atoms with van der Waals surface area (Å²) in [7, 11) is 0. The Morgan fingerprint density at radius 2 is 2.12 bits per heavy atom. The van der Waals surface area contributed by atoms with Crippen LogP contribution >= 0.6 is 0 Å². The standard InChI is InChI=1S/C18H22N2O4/c1-5-6-16(21)19-12-13-7-8-14-15(11-13)23-10-9-20(14)17(22)24-18(2,3)4/h7-8,11H,9-10,12H2,1-4H3,(H,19,21). The molecule has 0 saturated carbocycles. The fraction of sp³-hybridized carbons (Fsp3) is 0.444. The number of amides is 2. The van der Waals surface area contributed by atoms with E-state index < -0.39 is 11.7 Å². The molecule has 6 nitrogen and oxygen atoms in total. The second-order valence-corrected chi connectivity index (χ2v) is 6.34. The minimum atomic E-state index is -0.555. The van der Waals surface area contributed by atoms with Crippen molar-refractivity contribution in [3.8, 4) is 17.6 Å². The summed E-state index contributed by atoms with van der Waals surface area (Å²) in [5.74, 6) is 5.24.